The van der Waals surface area contributed by atoms with Crippen LogP contribution in [0, 0.1) is 0 Å². The van der Waals surface area contributed by atoms with E-state index in [0.717, 1.165) is 5.57 Å². The van der Waals surface area contributed by atoms with Crippen molar-refractivity contribution in [1.29, 1.82) is 0 Å². The Morgan fingerprint density at radius 3 is 2.63 bits per heavy atom. The average Bonchev–Trinajstić information content (AvgIpc) is 2.44. The van der Waals surface area contributed by atoms with Gasteiger partial charge in [0.2, 0.25) is 0 Å². The topological polar surface area (TPSA) is 58.9 Å². The summed E-state index contributed by atoms with van der Waals surface area (Å²) in [6.07, 6.45) is 0.372. The molecule has 0 spiro atoms. The SMILES string of the molecule is C=C(CC)C(O)CC(C)=NOC(=O)c1ccccc1. The van der Waals surface area contributed by atoms with E-state index in [2.05, 4.69) is 11.7 Å². The zero-order valence-corrected chi connectivity index (χ0v) is 11.3. The number of hydrogen-bond acceptors (Lipinski definition) is 4. The Morgan fingerprint density at radius 1 is 1.42 bits per heavy atom. The summed E-state index contributed by atoms with van der Waals surface area (Å²) in [5.41, 5.74) is 1.73. The van der Waals surface area contributed by atoms with Gasteiger partial charge in [-0.15, -0.1) is 0 Å². The van der Waals surface area contributed by atoms with E-state index in [1.165, 1.54) is 0 Å². The molecule has 1 unspecified atom stereocenters. The van der Waals surface area contributed by atoms with Gasteiger partial charge in [0.15, 0.2) is 0 Å². The van der Waals surface area contributed by atoms with Gasteiger partial charge in [0, 0.05) is 6.42 Å². The lowest BCUT2D eigenvalue weighted by atomic mass is 10.0. The molecule has 1 rings (SSSR count). The largest absolute Gasteiger partial charge is 0.388 e. The number of aliphatic hydroxyl groups is 1. The fraction of sp³-hybridized carbons (Fsp3) is 0.333. The van der Waals surface area contributed by atoms with Gasteiger partial charge in [0.1, 0.15) is 0 Å². The molecule has 0 aliphatic heterocycles. The van der Waals surface area contributed by atoms with E-state index in [-0.39, 0.29) is 0 Å². The summed E-state index contributed by atoms with van der Waals surface area (Å²) in [5.74, 6) is -0.510. The number of carbonyl (C=O) groups excluding carboxylic acids is 1. The van der Waals surface area contributed by atoms with Crippen molar-refractivity contribution in [2.24, 2.45) is 5.16 Å². The van der Waals surface area contributed by atoms with E-state index in [4.69, 9.17) is 4.84 Å². The molecule has 1 atom stereocenters. The summed E-state index contributed by atoms with van der Waals surface area (Å²) in [7, 11) is 0. The maximum Gasteiger partial charge on any atom is 0.365 e. The molecule has 0 heterocycles. The van der Waals surface area contributed by atoms with Gasteiger partial charge in [-0.25, -0.2) is 4.79 Å². The van der Waals surface area contributed by atoms with Crippen LogP contribution in [0.2, 0.25) is 0 Å². The monoisotopic (exact) mass is 261 g/mol. The van der Waals surface area contributed by atoms with Crippen LogP contribution in [0.3, 0.4) is 0 Å². The van der Waals surface area contributed by atoms with E-state index in [1.807, 2.05) is 13.0 Å². The molecule has 0 radical (unpaired) electrons. The molecule has 19 heavy (non-hydrogen) atoms. The molecular formula is C15H19NO3. The number of oxime groups is 1. The molecule has 4 heteroatoms. The third kappa shape index (κ3) is 5.06. The zero-order chi connectivity index (χ0) is 14.3. The van der Waals surface area contributed by atoms with E-state index in [1.54, 1.807) is 31.2 Å². The van der Waals surface area contributed by atoms with Crippen LogP contribution in [0.15, 0.2) is 47.6 Å². The van der Waals surface area contributed by atoms with E-state index >= 15 is 0 Å². The van der Waals surface area contributed by atoms with Gasteiger partial charge in [-0.3, -0.25) is 0 Å². The van der Waals surface area contributed by atoms with Gasteiger partial charge >= 0.3 is 5.97 Å². The van der Waals surface area contributed by atoms with Crippen molar-refractivity contribution in [2.75, 3.05) is 0 Å². The maximum atomic E-state index is 11.6. The van der Waals surface area contributed by atoms with Crippen LogP contribution in [0.5, 0.6) is 0 Å². The van der Waals surface area contributed by atoms with Crippen molar-refractivity contribution in [2.45, 2.75) is 32.8 Å². The summed E-state index contributed by atoms with van der Waals surface area (Å²) in [5, 5.41) is 13.5. The third-order valence-electron chi connectivity index (χ3n) is 2.71. The van der Waals surface area contributed by atoms with E-state index < -0.39 is 12.1 Å². The molecule has 0 saturated carbocycles. The minimum Gasteiger partial charge on any atom is -0.388 e. The fourth-order valence-corrected chi connectivity index (χ4v) is 1.44. The van der Waals surface area contributed by atoms with Crippen molar-refractivity contribution in [3.8, 4) is 0 Å². The predicted octanol–water partition coefficient (Wildman–Crippen LogP) is 2.94. The number of nitrogens with zero attached hydrogens (tertiary/aromatic N) is 1. The Hall–Kier alpha value is -1.94. The normalized spacial score (nSPS) is 12.9. The highest BCUT2D eigenvalue weighted by Crippen LogP contribution is 2.09. The smallest absolute Gasteiger partial charge is 0.365 e. The molecular weight excluding hydrogens is 242 g/mol. The summed E-state index contributed by atoms with van der Waals surface area (Å²) in [6, 6.07) is 8.63. The standard InChI is InChI=1S/C15H19NO3/c1-4-11(2)14(17)10-12(3)16-19-15(18)13-8-6-5-7-9-13/h5-9,14,17H,2,4,10H2,1,3H3. The lowest BCUT2D eigenvalue weighted by molar-refractivity contribution is 0.0513. The van der Waals surface area contributed by atoms with Crippen LogP contribution < -0.4 is 0 Å². The molecule has 0 amide bonds. The molecule has 0 aromatic heterocycles. The molecule has 0 aliphatic rings. The molecule has 0 fully saturated rings. The fourth-order valence-electron chi connectivity index (χ4n) is 1.44. The summed E-state index contributed by atoms with van der Waals surface area (Å²) >= 11 is 0. The number of aliphatic hydroxyl groups excluding tert-OH is 1. The average molecular weight is 261 g/mol. The highest BCUT2D eigenvalue weighted by molar-refractivity contribution is 5.90. The minimum absolute atomic E-state index is 0.314. The van der Waals surface area contributed by atoms with Crippen LogP contribution in [-0.4, -0.2) is 22.9 Å². The summed E-state index contributed by atoms with van der Waals surface area (Å²) in [4.78, 5) is 16.4. The Kier molecular flexibility index (Phi) is 5.96. The molecule has 1 aromatic rings. The molecule has 0 aliphatic carbocycles. The van der Waals surface area contributed by atoms with Gasteiger partial charge in [-0.05, 0) is 31.1 Å². The Labute approximate surface area is 113 Å². The molecule has 0 bridgehead atoms. The van der Waals surface area contributed by atoms with Crippen LogP contribution in [0.25, 0.3) is 0 Å². The van der Waals surface area contributed by atoms with Gasteiger partial charge in [-0.1, -0.05) is 36.9 Å². The quantitative estimate of drug-likeness (QED) is 0.371. The highest BCUT2D eigenvalue weighted by atomic mass is 16.7. The van der Waals surface area contributed by atoms with Crippen LogP contribution in [-0.2, 0) is 4.84 Å². The van der Waals surface area contributed by atoms with E-state index in [9.17, 15) is 9.90 Å². The first-order valence-electron chi connectivity index (χ1n) is 6.20. The zero-order valence-electron chi connectivity index (χ0n) is 11.3. The Bertz CT molecular complexity index is 466. The second kappa shape index (κ2) is 7.48. The van der Waals surface area contributed by atoms with Gasteiger partial charge in [-0.2, -0.15) is 0 Å². The third-order valence-corrected chi connectivity index (χ3v) is 2.71. The van der Waals surface area contributed by atoms with Crippen LogP contribution in [0.1, 0.15) is 37.0 Å². The lowest BCUT2D eigenvalue weighted by Crippen LogP contribution is -2.14. The van der Waals surface area contributed by atoms with Crippen molar-refractivity contribution < 1.29 is 14.7 Å². The minimum atomic E-state index is -0.649. The molecule has 4 nitrogen and oxygen atoms in total. The van der Waals surface area contributed by atoms with E-state index in [0.29, 0.717) is 24.1 Å². The Balaban J connectivity index is 2.52. The van der Waals surface area contributed by atoms with Crippen molar-refractivity contribution >= 4 is 11.7 Å². The number of carbonyl (C=O) groups is 1. The van der Waals surface area contributed by atoms with Gasteiger partial charge < -0.3 is 9.94 Å². The molecule has 1 N–H and O–H groups in total. The first-order valence-corrected chi connectivity index (χ1v) is 6.20. The molecule has 0 saturated heterocycles. The van der Waals surface area contributed by atoms with Crippen molar-refractivity contribution in [3.63, 3.8) is 0 Å². The first kappa shape index (κ1) is 15.1. The first-order chi connectivity index (χ1) is 9.04. The Morgan fingerprint density at radius 2 is 2.05 bits per heavy atom. The summed E-state index contributed by atoms with van der Waals surface area (Å²) in [6.45, 7) is 7.38. The van der Waals surface area contributed by atoms with Crippen molar-refractivity contribution in [3.05, 3.63) is 48.0 Å². The lowest BCUT2D eigenvalue weighted by Gasteiger charge is -2.11. The van der Waals surface area contributed by atoms with Crippen LogP contribution >= 0.6 is 0 Å². The number of hydrogen-bond donors (Lipinski definition) is 1. The molecule has 102 valence electrons. The predicted molar refractivity (Wildman–Crippen MR) is 75.0 cm³/mol. The maximum absolute atomic E-state index is 11.6. The summed E-state index contributed by atoms with van der Waals surface area (Å²) < 4.78 is 0. The highest BCUT2D eigenvalue weighted by Gasteiger charge is 2.10. The van der Waals surface area contributed by atoms with Crippen LogP contribution in [0.4, 0.5) is 0 Å². The number of benzene rings is 1. The molecule has 1 aromatic carbocycles. The van der Waals surface area contributed by atoms with Gasteiger partial charge in [0.05, 0.1) is 17.4 Å². The second-order valence-electron chi connectivity index (χ2n) is 4.30. The van der Waals surface area contributed by atoms with Gasteiger partial charge in [0.25, 0.3) is 0 Å². The number of rotatable bonds is 6. The second-order valence-corrected chi connectivity index (χ2v) is 4.30. The van der Waals surface area contributed by atoms with Crippen molar-refractivity contribution in [1.82, 2.24) is 0 Å².